The molecule has 5 nitrogen and oxygen atoms in total. The van der Waals surface area contributed by atoms with Crippen molar-refractivity contribution in [2.24, 2.45) is 11.7 Å². The van der Waals surface area contributed by atoms with Gasteiger partial charge in [-0.3, -0.25) is 4.79 Å². The average molecular weight is 271 g/mol. The first-order valence-electron chi connectivity index (χ1n) is 7.34. The summed E-state index contributed by atoms with van der Waals surface area (Å²) in [6.45, 7) is 2.04. The van der Waals surface area contributed by atoms with E-state index in [1.807, 2.05) is 0 Å². The molecule has 3 unspecified atom stereocenters. The highest BCUT2D eigenvalue weighted by molar-refractivity contribution is 5.79. The van der Waals surface area contributed by atoms with Gasteiger partial charge in [-0.1, -0.05) is 6.42 Å². The van der Waals surface area contributed by atoms with Crippen molar-refractivity contribution in [1.82, 2.24) is 0 Å². The Morgan fingerprint density at radius 2 is 2.21 bits per heavy atom. The van der Waals surface area contributed by atoms with E-state index in [-0.39, 0.29) is 12.0 Å². The minimum Gasteiger partial charge on any atom is -0.480 e. The van der Waals surface area contributed by atoms with Gasteiger partial charge in [0.1, 0.15) is 5.54 Å². The van der Waals surface area contributed by atoms with Gasteiger partial charge in [-0.25, -0.2) is 0 Å². The molecule has 5 heteroatoms. The van der Waals surface area contributed by atoms with Crippen LogP contribution in [-0.4, -0.2) is 42.5 Å². The molecule has 0 amide bonds. The molecule has 0 aromatic carbocycles. The molecule has 19 heavy (non-hydrogen) atoms. The Morgan fingerprint density at radius 1 is 1.37 bits per heavy atom. The summed E-state index contributed by atoms with van der Waals surface area (Å²) in [5, 5.41) is 9.22. The highest BCUT2D eigenvalue weighted by atomic mass is 16.5. The summed E-state index contributed by atoms with van der Waals surface area (Å²) in [4.78, 5) is 11.2. The molecule has 0 aromatic heterocycles. The fourth-order valence-electron chi connectivity index (χ4n) is 3.17. The Bertz CT molecular complexity index is 304. The van der Waals surface area contributed by atoms with Gasteiger partial charge in [-0.2, -0.15) is 0 Å². The first kappa shape index (κ1) is 14.8. The monoisotopic (exact) mass is 271 g/mol. The summed E-state index contributed by atoms with van der Waals surface area (Å²) in [7, 11) is 0. The quantitative estimate of drug-likeness (QED) is 0.716. The maximum absolute atomic E-state index is 11.2. The normalized spacial score (nSPS) is 35.4. The standard InChI is InChI=1S/C14H25NO4/c15-14(13(16)17)7-3-4-11(14)6-9-18-10-12-5-1-2-8-19-12/h11-12H,1-10,15H2,(H,16,17). The molecule has 110 valence electrons. The largest absolute Gasteiger partial charge is 0.480 e. The lowest BCUT2D eigenvalue weighted by atomic mass is 9.86. The Labute approximate surface area is 114 Å². The number of ether oxygens (including phenoxy) is 2. The van der Waals surface area contributed by atoms with Crippen LogP contribution in [0, 0.1) is 5.92 Å². The lowest BCUT2D eigenvalue weighted by Crippen LogP contribution is -2.51. The van der Waals surface area contributed by atoms with Crippen LogP contribution in [0.1, 0.15) is 44.9 Å². The average Bonchev–Trinajstić information content (AvgIpc) is 2.79. The highest BCUT2D eigenvalue weighted by Crippen LogP contribution is 2.36. The van der Waals surface area contributed by atoms with Crippen molar-refractivity contribution in [1.29, 1.82) is 0 Å². The molecule has 0 radical (unpaired) electrons. The highest BCUT2D eigenvalue weighted by Gasteiger charge is 2.45. The Kier molecular flexibility index (Phi) is 5.19. The third kappa shape index (κ3) is 3.68. The fourth-order valence-corrected chi connectivity index (χ4v) is 3.17. The van der Waals surface area contributed by atoms with Crippen molar-refractivity contribution in [3.63, 3.8) is 0 Å². The molecule has 1 aliphatic carbocycles. The molecule has 1 saturated carbocycles. The molecule has 2 aliphatic rings. The van der Waals surface area contributed by atoms with Gasteiger partial charge in [0, 0.05) is 13.2 Å². The zero-order valence-corrected chi connectivity index (χ0v) is 11.5. The van der Waals surface area contributed by atoms with Crippen LogP contribution in [0.5, 0.6) is 0 Å². The third-order valence-electron chi connectivity index (χ3n) is 4.46. The first-order chi connectivity index (χ1) is 9.13. The van der Waals surface area contributed by atoms with Crippen LogP contribution in [0.2, 0.25) is 0 Å². The van der Waals surface area contributed by atoms with E-state index < -0.39 is 11.5 Å². The van der Waals surface area contributed by atoms with Crippen LogP contribution in [0.3, 0.4) is 0 Å². The third-order valence-corrected chi connectivity index (χ3v) is 4.46. The van der Waals surface area contributed by atoms with Gasteiger partial charge in [-0.05, 0) is 44.4 Å². The molecule has 1 saturated heterocycles. The first-order valence-corrected chi connectivity index (χ1v) is 7.34. The molecule has 3 N–H and O–H groups in total. The zero-order chi connectivity index (χ0) is 13.7. The van der Waals surface area contributed by atoms with Crippen LogP contribution in [0.15, 0.2) is 0 Å². The van der Waals surface area contributed by atoms with Crippen molar-refractivity contribution in [2.45, 2.75) is 56.6 Å². The molecule has 0 bridgehead atoms. The number of nitrogens with two attached hydrogens (primary N) is 1. The lowest BCUT2D eigenvalue weighted by Gasteiger charge is -2.27. The van der Waals surface area contributed by atoms with Crippen LogP contribution >= 0.6 is 0 Å². The van der Waals surface area contributed by atoms with Crippen LogP contribution in [0.4, 0.5) is 0 Å². The fraction of sp³-hybridized carbons (Fsp3) is 0.929. The SMILES string of the molecule is NC1(C(=O)O)CCCC1CCOCC1CCCCO1. The maximum Gasteiger partial charge on any atom is 0.323 e. The van der Waals surface area contributed by atoms with Crippen molar-refractivity contribution in [3.05, 3.63) is 0 Å². The van der Waals surface area contributed by atoms with Gasteiger partial charge < -0.3 is 20.3 Å². The second-order valence-electron chi connectivity index (χ2n) is 5.79. The predicted molar refractivity (Wildman–Crippen MR) is 70.9 cm³/mol. The number of carbonyl (C=O) groups is 1. The van der Waals surface area contributed by atoms with Crippen molar-refractivity contribution < 1.29 is 19.4 Å². The molecule has 2 rings (SSSR count). The number of carboxylic acids is 1. The van der Waals surface area contributed by atoms with Crippen LogP contribution < -0.4 is 5.73 Å². The van der Waals surface area contributed by atoms with E-state index in [9.17, 15) is 9.90 Å². The Balaban J connectivity index is 1.66. The molecule has 2 fully saturated rings. The summed E-state index contributed by atoms with van der Waals surface area (Å²) in [5.41, 5.74) is 4.95. The lowest BCUT2D eigenvalue weighted by molar-refractivity contribution is -0.145. The predicted octanol–water partition coefficient (Wildman–Crippen LogP) is 1.54. The Morgan fingerprint density at radius 3 is 2.89 bits per heavy atom. The smallest absolute Gasteiger partial charge is 0.323 e. The number of carboxylic acid groups (broad SMARTS) is 1. The molecular formula is C14H25NO4. The van der Waals surface area contributed by atoms with Crippen molar-refractivity contribution in [3.8, 4) is 0 Å². The zero-order valence-electron chi connectivity index (χ0n) is 11.5. The summed E-state index contributed by atoms with van der Waals surface area (Å²) in [6, 6.07) is 0. The summed E-state index contributed by atoms with van der Waals surface area (Å²) in [5.74, 6) is -0.831. The van der Waals surface area contributed by atoms with E-state index >= 15 is 0 Å². The minimum absolute atomic E-state index is 0.0391. The number of hydrogen-bond donors (Lipinski definition) is 2. The second kappa shape index (κ2) is 6.68. The van der Waals surface area contributed by atoms with E-state index in [0.717, 1.165) is 38.7 Å². The van der Waals surface area contributed by atoms with Gasteiger partial charge in [0.05, 0.1) is 12.7 Å². The summed E-state index contributed by atoms with van der Waals surface area (Å²) in [6.07, 6.45) is 6.76. The number of hydrogen-bond acceptors (Lipinski definition) is 4. The maximum atomic E-state index is 11.2. The van der Waals surface area contributed by atoms with E-state index in [0.29, 0.717) is 19.6 Å². The molecular weight excluding hydrogens is 246 g/mol. The van der Waals surface area contributed by atoms with Gasteiger partial charge in [-0.15, -0.1) is 0 Å². The van der Waals surface area contributed by atoms with Crippen LogP contribution in [0.25, 0.3) is 0 Å². The van der Waals surface area contributed by atoms with Gasteiger partial charge >= 0.3 is 5.97 Å². The van der Waals surface area contributed by atoms with Gasteiger partial charge in [0.15, 0.2) is 0 Å². The minimum atomic E-state index is -1.04. The second-order valence-corrected chi connectivity index (χ2v) is 5.79. The van der Waals surface area contributed by atoms with Crippen molar-refractivity contribution in [2.75, 3.05) is 19.8 Å². The van der Waals surface area contributed by atoms with Gasteiger partial charge in [0.25, 0.3) is 0 Å². The van der Waals surface area contributed by atoms with E-state index in [1.165, 1.54) is 6.42 Å². The Hall–Kier alpha value is -0.650. The molecule has 1 heterocycles. The summed E-state index contributed by atoms with van der Waals surface area (Å²) >= 11 is 0. The van der Waals surface area contributed by atoms with E-state index in [1.54, 1.807) is 0 Å². The van der Waals surface area contributed by atoms with Gasteiger partial charge in [0.2, 0.25) is 0 Å². The molecule has 1 aliphatic heterocycles. The number of rotatable bonds is 6. The molecule has 0 aromatic rings. The topological polar surface area (TPSA) is 81.8 Å². The molecule has 0 spiro atoms. The van der Waals surface area contributed by atoms with E-state index in [4.69, 9.17) is 15.2 Å². The number of aliphatic carboxylic acids is 1. The van der Waals surface area contributed by atoms with E-state index in [2.05, 4.69) is 0 Å². The van der Waals surface area contributed by atoms with Crippen molar-refractivity contribution >= 4 is 5.97 Å². The van der Waals surface area contributed by atoms with Crippen LogP contribution in [-0.2, 0) is 14.3 Å². The summed E-state index contributed by atoms with van der Waals surface area (Å²) < 4.78 is 11.2. The molecule has 3 atom stereocenters.